The predicted octanol–water partition coefficient (Wildman–Crippen LogP) is 2.15. The highest BCUT2D eigenvalue weighted by Crippen LogP contribution is 2.13. The topological polar surface area (TPSA) is 64.6 Å². The lowest BCUT2D eigenvalue weighted by Crippen LogP contribution is -2.33. The van der Waals surface area contributed by atoms with Gasteiger partial charge in [-0.25, -0.2) is 0 Å². The summed E-state index contributed by atoms with van der Waals surface area (Å²) in [6.45, 7) is 6.35. The predicted molar refractivity (Wildman–Crippen MR) is 87.1 cm³/mol. The molecule has 0 bridgehead atoms. The Morgan fingerprint density at radius 1 is 1.32 bits per heavy atom. The largest absolute Gasteiger partial charge is 0.490 e. The second-order valence-corrected chi connectivity index (χ2v) is 4.52. The number of allylic oxidation sites excluding steroid dienone is 1. The molecule has 5 nitrogen and oxygen atoms in total. The van der Waals surface area contributed by atoms with Crippen molar-refractivity contribution in [3.05, 3.63) is 42.0 Å². The van der Waals surface area contributed by atoms with Crippen molar-refractivity contribution in [2.75, 3.05) is 20.3 Å². The molecular weight excluding hydrogens is 282 g/mol. The number of benzene rings is 1. The molecule has 0 saturated heterocycles. The van der Waals surface area contributed by atoms with Gasteiger partial charge in [0.15, 0.2) is 0 Å². The van der Waals surface area contributed by atoms with E-state index in [0.717, 1.165) is 12.2 Å². The van der Waals surface area contributed by atoms with Crippen LogP contribution in [0.3, 0.4) is 0 Å². The van der Waals surface area contributed by atoms with Crippen LogP contribution in [-0.4, -0.2) is 39.1 Å². The molecule has 1 atom stereocenters. The van der Waals surface area contributed by atoms with E-state index in [9.17, 15) is 4.79 Å². The summed E-state index contributed by atoms with van der Waals surface area (Å²) in [4.78, 5) is 18.8. The number of likely N-dealkylation sites (N-methyl/N-ethyl adjacent to an activating group) is 1. The molecule has 0 aliphatic carbocycles. The second kappa shape index (κ2) is 12.6. The Morgan fingerprint density at radius 3 is 2.45 bits per heavy atom. The Morgan fingerprint density at radius 2 is 1.95 bits per heavy atom. The zero-order valence-corrected chi connectivity index (χ0v) is 13.5. The van der Waals surface area contributed by atoms with Gasteiger partial charge >= 0.3 is 5.97 Å². The summed E-state index contributed by atoms with van der Waals surface area (Å²) in [7, 11) is 1.86. The Kier molecular flexibility index (Phi) is 11.4. The van der Waals surface area contributed by atoms with Gasteiger partial charge in [-0.15, -0.1) is 0 Å². The van der Waals surface area contributed by atoms with E-state index in [0.29, 0.717) is 13.2 Å². The van der Waals surface area contributed by atoms with Crippen molar-refractivity contribution in [2.45, 2.75) is 26.3 Å². The Bertz CT molecular complexity index is 442. The van der Waals surface area contributed by atoms with Crippen LogP contribution in [0.4, 0.5) is 0 Å². The second-order valence-electron chi connectivity index (χ2n) is 4.52. The quantitative estimate of drug-likeness (QED) is 0.589. The molecule has 0 aliphatic heterocycles. The molecule has 0 saturated carbocycles. The number of carbonyl (C=O) groups excluding carboxylic acids is 2. The Labute approximate surface area is 132 Å². The molecule has 0 spiro atoms. The summed E-state index contributed by atoms with van der Waals surface area (Å²) in [5.74, 6) is 0.603. The fourth-order valence-electron chi connectivity index (χ4n) is 1.71. The van der Waals surface area contributed by atoms with Crippen LogP contribution in [0.15, 0.2) is 36.4 Å². The summed E-state index contributed by atoms with van der Waals surface area (Å²) in [6.07, 6.45) is 4.73. The van der Waals surface area contributed by atoms with E-state index in [2.05, 4.69) is 5.32 Å². The standard InChI is InChI=1S/C16H23NO3.CH2O/c1-4-5-10-19-16-8-6-14(7-9-16)11-15(17-3)12-20-13(2)18;1-2/h4-9,15,17H,10-12H2,1-3H3;1H2. The SMILES string of the molecule is C=O.CC=CCOc1ccc(CC(COC(C)=O)NC)cc1. The molecule has 22 heavy (non-hydrogen) atoms. The number of rotatable bonds is 8. The van der Waals surface area contributed by atoms with Gasteiger partial charge in [-0.1, -0.05) is 24.3 Å². The highest BCUT2D eigenvalue weighted by atomic mass is 16.5. The lowest BCUT2D eigenvalue weighted by Gasteiger charge is -2.16. The van der Waals surface area contributed by atoms with Crippen molar-refractivity contribution < 1.29 is 19.1 Å². The fraction of sp³-hybridized carbons (Fsp3) is 0.412. The van der Waals surface area contributed by atoms with Gasteiger partial charge in [0.25, 0.3) is 0 Å². The van der Waals surface area contributed by atoms with Crippen molar-refractivity contribution in [2.24, 2.45) is 0 Å². The van der Waals surface area contributed by atoms with Crippen LogP contribution in [0, 0.1) is 0 Å². The third kappa shape index (κ3) is 8.92. The van der Waals surface area contributed by atoms with Crippen molar-refractivity contribution in [1.82, 2.24) is 5.32 Å². The van der Waals surface area contributed by atoms with E-state index >= 15 is 0 Å². The van der Waals surface area contributed by atoms with Crippen LogP contribution in [0.2, 0.25) is 0 Å². The van der Waals surface area contributed by atoms with Crippen LogP contribution in [0.25, 0.3) is 0 Å². The molecule has 122 valence electrons. The molecule has 0 fully saturated rings. The Hall–Kier alpha value is -2.14. The molecule has 0 heterocycles. The maximum absolute atomic E-state index is 10.8. The van der Waals surface area contributed by atoms with Gasteiger partial charge < -0.3 is 19.6 Å². The third-order valence-corrected chi connectivity index (χ3v) is 2.88. The monoisotopic (exact) mass is 307 g/mol. The molecule has 0 radical (unpaired) electrons. The minimum absolute atomic E-state index is 0.119. The first-order valence-corrected chi connectivity index (χ1v) is 7.08. The summed E-state index contributed by atoms with van der Waals surface area (Å²) in [5.41, 5.74) is 1.18. The Balaban J connectivity index is 0.00000211. The lowest BCUT2D eigenvalue weighted by atomic mass is 10.1. The summed E-state index contributed by atoms with van der Waals surface area (Å²) < 4.78 is 10.6. The summed E-state index contributed by atoms with van der Waals surface area (Å²) in [5, 5.41) is 3.14. The highest BCUT2D eigenvalue weighted by molar-refractivity contribution is 5.65. The van der Waals surface area contributed by atoms with Gasteiger partial charge in [-0.3, -0.25) is 4.79 Å². The van der Waals surface area contributed by atoms with Crippen molar-refractivity contribution >= 4 is 12.8 Å². The van der Waals surface area contributed by atoms with Gasteiger partial charge in [0.2, 0.25) is 0 Å². The summed E-state index contributed by atoms with van der Waals surface area (Å²) >= 11 is 0. The van der Waals surface area contributed by atoms with Gasteiger partial charge in [-0.05, 0) is 38.1 Å². The molecule has 1 N–H and O–H groups in total. The smallest absolute Gasteiger partial charge is 0.302 e. The van der Waals surface area contributed by atoms with Gasteiger partial charge in [0.05, 0.1) is 0 Å². The van der Waals surface area contributed by atoms with E-state index < -0.39 is 0 Å². The number of esters is 1. The minimum Gasteiger partial charge on any atom is -0.490 e. The van der Waals surface area contributed by atoms with E-state index in [1.807, 2.05) is 57.2 Å². The zero-order valence-electron chi connectivity index (χ0n) is 13.5. The molecule has 0 aliphatic rings. The van der Waals surface area contributed by atoms with Crippen LogP contribution < -0.4 is 10.1 Å². The van der Waals surface area contributed by atoms with E-state index in [-0.39, 0.29) is 12.0 Å². The number of carbonyl (C=O) groups is 2. The number of hydrogen-bond acceptors (Lipinski definition) is 5. The minimum atomic E-state index is -0.252. The van der Waals surface area contributed by atoms with E-state index in [1.54, 1.807) is 0 Å². The highest BCUT2D eigenvalue weighted by Gasteiger charge is 2.09. The molecule has 1 rings (SSSR count). The first kappa shape index (κ1) is 19.9. The first-order chi connectivity index (χ1) is 10.7. The molecule has 0 amide bonds. The average molecular weight is 307 g/mol. The number of nitrogens with one attached hydrogen (secondary N) is 1. The molecule has 1 unspecified atom stereocenters. The van der Waals surface area contributed by atoms with Crippen molar-refractivity contribution in [1.29, 1.82) is 0 Å². The van der Waals surface area contributed by atoms with E-state index in [4.69, 9.17) is 14.3 Å². The molecule has 1 aromatic rings. The molecule has 0 aromatic heterocycles. The van der Waals surface area contributed by atoms with Crippen LogP contribution >= 0.6 is 0 Å². The van der Waals surface area contributed by atoms with E-state index in [1.165, 1.54) is 12.5 Å². The third-order valence-electron chi connectivity index (χ3n) is 2.88. The van der Waals surface area contributed by atoms with Crippen LogP contribution in [0.1, 0.15) is 19.4 Å². The average Bonchev–Trinajstić information content (AvgIpc) is 2.55. The van der Waals surface area contributed by atoms with Gasteiger partial charge in [-0.2, -0.15) is 0 Å². The zero-order chi connectivity index (χ0) is 16.8. The molecule has 1 aromatic carbocycles. The normalized spacial score (nSPS) is 11.4. The number of hydrogen-bond donors (Lipinski definition) is 1. The summed E-state index contributed by atoms with van der Waals surface area (Å²) in [6, 6.07) is 8.09. The maximum Gasteiger partial charge on any atom is 0.302 e. The van der Waals surface area contributed by atoms with Gasteiger partial charge in [0.1, 0.15) is 25.8 Å². The maximum atomic E-state index is 10.8. The van der Waals surface area contributed by atoms with Crippen LogP contribution in [0.5, 0.6) is 5.75 Å². The first-order valence-electron chi connectivity index (χ1n) is 7.08. The fourth-order valence-corrected chi connectivity index (χ4v) is 1.71. The van der Waals surface area contributed by atoms with Crippen LogP contribution in [-0.2, 0) is 20.7 Å². The van der Waals surface area contributed by atoms with Crippen molar-refractivity contribution in [3.63, 3.8) is 0 Å². The number of ether oxygens (including phenoxy) is 2. The van der Waals surface area contributed by atoms with Crippen molar-refractivity contribution in [3.8, 4) is 5.75 Å². The molecular formula is C17H25NO4. The van der Waals surface area contributed by atoms with Gasteiger partial charge in [0, 0.05) is 13.0 Å². The molecule has 5 heteroatoms. The lowest BCUT2D eigenvalue weighted by molar-refractivity contribution is -0.141.